The number of nitrogens with zero attached hydrogens (tertiary/aromatic N) is 1. The van der Waals surface area contributed by atoms with Crippen molar-refractivity contribution in [2.75, 3.05) is 0 Å². The molecule has 0 aliphatic heterocycles. The van der Waals surface area contributed by atoms with Gasteiger partial charge in [-0.05, 0) is 18.2 Å². The van der Waals surface area contributed by atoms with Gasteiger partial charge in [-0.2, -0.15) is 8.78 Å². The molecule has 0 amide bonds. The van der Waals surface area contributed by atoms with E-state index in [9.17, 15) is 31.0 Å². The number of rotatable bonds is 3. The molecule has 0 fully saturated rings. The summed E-state index contributed by atoms with van der Waals surface area (Å²) in [5, 5.41) is 0.138. The molecule has 0 saturated heterocycles. The Kier molecular flexibility index (Phi) is 4.25. The number of halogens is 5. The molecule has 3 aromatic rings. The normalized spacial score (nSPS) is 12.4. The molecule has 0 aliphatic carbocycles. The van der Waals surface area contributed by atoms with Crippen LogP contribution in [0.5, 0.6) is 5.75 Å². The number of fused-ring (bicyclic) bond motifs is 1. The fourth-order valence-electron chi connectivity index (χ4n) is 1.93. The molecule has 3 rings (SSSR count). The number of hydrogen-bond donors (Lipinski definition) is 1. The van der Waals surface area contributed by atoms with Crippen molar-refractivity contribution in [3.8, 4) is 5.75 Å². The molecule has 25 heavy (non-hydrogen) atoms. The van der Waals surface area contributed by atoms with Gasteiger partial charge in [0.25, 0.3) is 5.56 Å². The summed E-state index contributed by atoms with van der Waals surface area (Å²) in [5.74, 6) is -13.0. The zero-order valence-electron chi connectivity index (χ0n) is 11.8. The molecule has 0 spiro atoms. The van der Waals surface area contributed by atoms with Crippen molar-refractivity contribution in [3.05, 3.63) is 64.0 Å². The van der Waals surface area contributed by atoms with Crippen LogP contribution in [-0.2, 0) is 11.1 Å². The minimum atomic E-state index is -2.63. The van der Waals surface area contributed by atoms with Crippen molar-refractivity contribution >= 4 is 22.0 Å². The Labute approximate surface area is 137 Å². The summed E-state index contributed by atoms with van der Waals surface area (Å²) in [4.78, 5) is 17.4. The van der Waals surface area contributed by atoms with Crippen LogP contribution in [0.15, 0.2) is 34.2 Å². The molecule has 1 unspecified atom stereocenters. The highest BCUT2D eigenvalue weighted by molar-refractivity contribution is 7.80. The van der Waals surface area contributed by atoms with E-state index in [2.05, 4.69) is 14.2 Å². The maximum absolute atomic E-state index is 13.5. The molecule has 1 heterocycles. The fourth-order valence-corrected chi connectivity index (χ4v) is 2.71. The van der Waals surface area contributed by atoms with Crippen LogP contribution in [0, 0.1) is 29.1 Å². The molecule has 5 nitrogen and oxygen atoms in total. The standard InChI is InChI=1S/C14H5F5N2O3S/c15-8-9(16)11(18)13(12(19)10(8)17)24-25(23)5-1-2-6-7(3-5)20-4-21-14(6)22/h1-4H,(H,20,21,22). The molecule has 1 aromatic heterocycles. The number of hydrogen-bond acceptors (Lipinski definition) is 4. The van der Waals surface area contributed by atoms with E-state index in [1.54, 1.807) is 0 Å². The molecule has 0 saturated carbocycles. The molecule has 0 aliphatic rings. The lowest BCUT2D eigenvalue weighted by Crippen LogP contribution is -2.10. The molecular weight excluding hydrogens is 371 g/mol. The van der Waals surface area contributed by atoms with Gasteiger partial charge in [-0.15, -0.1) is 0 Å². The zero-order chi connectivity index (χ0) is 18.3. The second-order valence-corrected chi connectivity index (χ2v) is 5.74. The first-order valence-electron chi connectivity index (χ1n) is 6.40. The highest BCUT2D eigenvalue weighted by atomic mass is 32.2. The Bertz CT molecular complexity index is 1060. The number of aromatic nitrogens is 2. The minimum Gasteiger partial charge on any atom is -0.390 e. The average Bonchev–Trinajstić information content (AvgIpc) is 2.61. The van der Waals surface area contributed by atoms with Crippen molar-refractivity contribution in [1.29, 1.82) is 0 Å². The van der Waals surface area contributed by atoms with Crippen molar-refractivity contribution in [2.45, 2.75) is 4.90 Å². The number of benzene rings is 2. The summed E-state index contributed by atoms with van der Waals surface area (Å²) in [6.07, 6.45) is 1.07. The van der Waals surface area contributed by atoms with Crippen LogP contribution in [0.1, 0.15) is 0 Å². The van der Waals surface area contributed by atoms with Crippen LogP contribution in [0.3, 0.4) is 0 Å². The Morgan fingerprint density at radius 1 is 0.960 bits per heavy atom. The Balaban J connectivity index is 2.03. The van der Waals surface area contributed by atoms with Gasteiger partial charge in [0.15, 0.2) is 0 Å². The summed E-state index contributed by atoms with van der Waals surface area (Å²) in [7, 11) is 0. The lowest BCUT2D eigenvalue weighted by Gasteiger charge is -2.09. The highest BCUT2D eigenvalue weighted by Crippen LogP contribution is 2.30. The Morgan fingerprint density at radius 2 is 1.56 bits per heavy atom. The first-order chi connectivity index (χ1) is 11.8. The largest absolute Gasteiger partial charge is 0.390 e. The van der Waals surface area contributed by atoms with Gasteiger partial charge in [0.05, 0.1) is 22.1 Å². The summed E-state index contributed by atoms with van der Waals surface area (Å²) >= 11 is -2.63. The third-order valence-corrected chi connectivity index (χ3v) is 4.09. The van der Waals surface area contributed by atoms with E-state index in [4.69, 9.17) is 0 Å². The third-order valence-electron chi connectivity index (χ3n) is 3.13. The molecule has 0 bridgehead atoms. The van der Waals surface area contributed by atoms with Crippen molar-refractivity contribution in [1.82, 2.24) is 9.97 Å². The van der Waals surface area contributed by atoms with E-state index in [-0.39, 0.29) is 15.8 Å². The smallest absolute Gasteiger partial charge is 0.258 e. The van der Waals surface area contributed by atoms with Gasteiger partial charge in [-0.1, -0.05) is 0 Å². The summed E-state index contributed by atoms with van der Waals surface area (Å²) in [6, 6.07) is 3.46. The third kappa shape index (κ3) is 2.86. The monoisotopic (exact) mass is 376 g/mol. The van der Waals surface area contributed by atoms with E-state index >= 15 is 0 Å². The van der Waals surface area contributed by atoms with E-state index < -0.39 is 51.5 Å². The number of nitrogens with one attached hydrogen (secondary N) is 1. The van der Waals surface area contributed by atoms with Crippen LogP contribution in [0.25, 0.3) is 10.9 Å². The molecule has 130 valence electrons. The molecule has 11 heteroatoms. The lowest BCUT2D eigenvalue weighted by atomic mass is 10.2. The summed E-state index contributed by atoms with van der Waals surface area (Å²) < 4.78 is 82.8. The average molecular weight is 376 g/mol. The second-order valence-electron chi connectivity index (χ2n) is 4.63. The number of aromatic amines is 1. The lowest BCUT2D eigenvalue weighted by molar-refractivity contribution is 0.352. The molecule has 1 N–H and O–H groups in total. The predicted octanol–water partition coefficient (Wildman–Crippen LogP) is 2.72. The van der Waals surface area contributed by atoms with Gasteiger partial charge in [-0.25, -0.2) is 22.4 Å². The molecule has 2 aromatic carbocycles. The van der Waals surface area contributed by atoms with Crippen LogP contribution >= 0.6 is 0 Å². The first kappa shape index (κ1) is 17.0. The number of H-pyrrole nitrogens is 1. The molecular formula is C14H5F5N2O3S. The van der Waals surface area contributed by atoms with Gasteiger partial charge in [0, 0.05) is 0 Å². The van der Waals surface area contributed by atoms with Gasteiger partial charge in [0.1, 0.15) is 0 Å². The van der Waals surface area contributed by atoms with Crippen LogP contribution in [0.2, 0.25) is 0 Å². The minimum absolute atomic E-state index is 0.0932. The van der Waals surface area contributed by atoms with Gasteiger partial charge in [-0.3, -0.25) is 4.79 Å². The van der Waals surface area contributed by atoms with Gasteiger partial charge < -0.3 is 9.17 Å². The van der Waals surface area contributed by atoms with E-state index in [1.165, 1.54) is 6.07 Å². The summed E-state index contributed by atoms with van der Waals surface area (Å²) in [6.45, 7) is 0. The van der Waals surface area contributed by atoms with Crippen molar-refractivity contribution < 1.29 is 30.3 Å². The SMILES string of the molecule is O=c1[nH]cnc2cc(S(=O)Oc3c(F)c(F)c(F)c(F)c3F)ccc12. The Morgan fingerprint density at radius 3 is 2.20 bits per heavy atom. The van der Waals surface area contributed by atoms with Crippen LogP contribution in [-0.4, -0.2) is 14.2 Å². The maximum Gasteiger partial charge on any atom is 0.258 e. The van der Waals surface area contributed by atoms with Gasteiger partial charge in [0.2, 0.25) is 45.9 Å². The maximum atomic E-state index is 13.5. The van der Waals surface area contributed by atoms with Crippen molar-refractivity contribution in [2.24, 2.45) is 0 Å². The van der Waals surface area contributed by atoms with Crippen LogP contribution in [0.4, 0.5) is 22.0 Å². The van der Waals surface area contributed by atoms with Crippen molar-refractivity contribution in [3.63, 3.8) is 0 Å². The molecule has 1 atom stereocenters. The fraction of sp³-hybridized carbons (Fsp3) is 0. The Hall–Kier alpha value is -2.82. The van der Waals surface area contributed by atoms with E-state index in [1.807, 2.05) is 0 Å². The molecule has 0 radical (unpaired) electrons. The highest BCUT2D eigenvalue weighted by Gasteiger charge is 2.28. The van der Waals surface area contributed by atoms with E-state index in [0.717, 1.165) is 18.5 Å². The van der Waals surface area contributed by atoms with E-state index in [0.29, 0.717) is 0 Å². The predicted molar refractivity (Wildman–Crippen MR) is 75.6 cm³/mol. The first-order valence-corrected chi connectivity index (χ1v) is 7.47. The topological polar surface area (TPSA) is 72.0 Å². The van der Waals surface area contributed by atoms with Gasteiger partial charge >= 0.3 is 0 Å². The second kappa shape index (κ2) is 6.24. The zero-order valence-corrected chi connectivity index (χ0v) is 12.6. The van der Waals surface area contributed by atoms with Crippen LogP contribution < -0.4 is 9.74 Å². The summed E-state index contributed by atoms with van der Waals surface area (Å²) in [5.41, 5.74) is -0.390. The quantitative estimate of drug-likeness (QED) is 0.434.